The third-order valence-corrected chi connectivity index (χ3v) is 3.56. The molecule has 0 amide bonds. The maximum atomic E-state index is 5.32. The maximum absolute atomic E-state index is 5.32. The minimum Gasteiger partial charge on any atom is -0.493 e. The molecule has 2 aromatic rings. The Labute approximate surface area is 125 Å². The van der Waals surface area contributed by atoms with Crippen LogP contribution in [0.1, 0.15) is 24.4 Å². The molecule has 1 atom stereocenters. The van der Waals surface area contributed by atoms with Crippen molar-refractivity contribution in [3.63, 3.8) is 0 Å². The van der Waals surface area contributed by atoms with Gasteiger partial charge in [0.05, 0.1) is 20.3 Å². The summed E-state index contributed by atoms with van der Waals surface area (Å²) in [6, 6.07) is 6.25. The average molecular weight is 289 g/mol. The Morgan fingerprint density at radius 3 is 2.62 bits per heavy atom. The number of hydrogen-bond donors (Lipinski definition) is 1. The molecule has 0 saturated heterocycles. The van der Waals surface area contributed by atoms with Gasteiger partial charge in [-0.3, -0.25) is 0 Å². The highest BCUT2D eigenvalue weighted by molar-refractivity contribution is 5.42. The zero-order chi connectivity index (χ0) is 15.2. The van der Waals surface area contributed by atoms with Crippen molar-refractivity contribution in [1.29, 1.82) is 0 Å². The molecule has 5 nitrogen and oxygen atoms in total. The van der Waals surface area contributed by atoms with E-state index < -0.39 is 0 Å². The molecule has 0 radical (unpaired) electrons. The summed E-state index contributed by atoms with van der Waals surface area (Å²) >= 11 is 0. The van der Waals surface area contributed by atoms with Crippen molar-refractivity contribution in [2.45, 2.75) is 19.4 Å². The van der Waals surface area contributed by atoms with Crippen LogP contribution in [0, 0.1) is 0 Å². The fourth-order valence-electron chi connectivity index (χ4n) is 2.35. The molecule has 0 aliphatic rings. The number of nitrogens with one attached hydrogen (secondary N) is 1. The first-order chi connectivity index (χ1) is 10.2. The Kier molecular flexibility index (Phi) is 5.22. The van der Waals surface area contributed by atoms with Crippen LogP contribution >= 0.6 is 0 Å². The summed E-state index contributed by atoms with van der Waals surface area (Å²) in [5.74, 6) is 2.57. The van der Waals surface area contributed by atoms with Crippen LogP contribution in [0.2, 0.25) is 0 Å². The van der Waals surface area contributed by atoms with Crippen LogP contribution in [0.4, 0.5) is 0 Å². The van der Waals surface area contributed by atoms with Crippen LogP contribution in [-0.4, -0.2) is 30.3 Å². The van der Waals surface area contributed by atoms with Gasteiger partial charge in [0.2, 0.25) is 0 Å². The summed E-state index contributed by atoms with van der Waals surface area (Å²) in [6.07, 6.45) is 4.71. The van der Waals surface area contributed by atoms with Gasteiger partial charge < -0.3 is 19.4 Å². The molecule has 1 aromatic carbocycles. The van der Waals surface area contributed by atoms with Crippen LogP contribution in [0.3, 0.4) is 0 Å². The van der Waals surface area contributed by atoms with Gasteiger partial charge in [0.15, 0.2) is 11.5 Å². The van der Waals surface area contributed by atoms with E-state index in [1.54, 1.807) is 14.2 Å². The van der Waals surface area contributed by atoms with Crippen LogP contribution in [0.15, 0.2) is 30.6 Å². The fraction of sp³-hybridized carbons (Fsp3) is 0.438. The van der Waals surface area contributed by atoms with E-state index in [-0.39, 0.29) is 6.04 Å². The van der Waals surface area contributed by atoms with Crippen molar-refractivity contribution < 1.29 is 9.47 Å². The molecule has 0 spiro atoms. The van der Waals surface area contributed by atoms with Gasteiger partial charge in [0.1, 0.15) is 5.82 Å². The third-order valence-electron chi connectivity index (χ3n) is 3.56. The largest absolute Gasteiger partial charge is 0.493 e. The lowest BCUT2D eigenvalue weighted by atomic mass is 10.1. The van der Waals surface area contributed by atoms with E-state index in [2.05, 4.69) is 23.3 Å². The zero-order valence-electron chi connectivity index (χ0n) is 13.1. The van der Waals surface area contributed by atoms with Crippen molar-refractivity contribution in [1.82, 2.24) is 14.9 Å². The van der Waals surface area contributed by atoms with E-state index in [1.807, 2.05) is 36.1 Å². The van der Waals surface area contributed by atoms with Crippen molar-refractivity contribution in [2.75, 3.05) is 20.8 Å². The van der Waals surface area contributed by atoms with E-state index in [0.29, 0.717) is 0 Å². The lowest BCUT2D eigenvalue weighted by molar-refractivity contribution is 0.354. The Bertz CT molecular complexity index is 581. The number of nitrogens with zero attached hydrogens (tertiary/aromatic N) is 2. The number of aromatic nitrogens is 2. The topological polar surface area (TPSA) is 48.3 Å². The summed E-state index contributed by atoms with van der Waals surface area (Å²) in [5, 5.41) is 3.49. The van der Waals surface area contributed by atoms with E-state index in [4.69, 9.17) is 9.47 Å². The van der Waals surface area contributed by atoms with Gasteiger partial charge in [-0.2, -0.15) is 0 Å². The van der Waals surface area contributed by atoms with Crippen molar-refractivity contribution >= 4 is 0 Å². The first kappa shape index (κ1) is 15.4. The molecule has 1 N–H and O–H groups in total. The van der Waals surface area contributed by atoms with E-state index in [9.17, 15) is 0 Å². The normalized spacial score (nSPS) is 12.2. The second kappa shape index (κ2) is 7.13. The monoisotopic (exact) mass is 289 g/mol. The Hall–Kier alpha value is -2.01. The fourth-order valence-corrected chi connectivity index (χ4v) is 2.35. The highest BCUT2D eigenvalue weighted by atomic mass is 16.5. The highest BCUT2D eigenvalue weighted by Gasteiger charge is 2.09. The molecule has 1 aromatic heterocycles. The second-order valence-corrected chi connectivity index (χ2v) is 5.01. The maximum Gasteiger partial charge on any atom is 0.160 e. The molecule has 0 saturated carbocycles. The SMILES string of the molecule is COc1ccc(CCN[C@H](C)c2nccn2C)cc1OC. The van der Waals surface area contributed by atoms with Crippen LogP contribution < -0.4 is 14.8 Å². The Balaban J connectivity index is 1.90. The number of aryl methyl sites for hydroxylation is 1. The molecular weight excluding hydrogens is 266 g/mol. The number of methoxy groups -OCH3 is 2. The molecule has 0 unspecified atom stereocenters. The lowest BCUT2D eigenvalue weighted by Gasteiger charge is -2.14. The summed E-state index contributed by atoms with van der Waals surface area (Å²) in [6.45, 7) is 3.00. The molecular formula is C16H23N3O2. The number of imidazole rings is 1. The van der Waals surface area contributed by atoms with Gasteiger partial charge in [-0.25, -0.2) is 4.98 Å². The number of rotatable bonds is 7. The van der Waals surface area contributed by atoms with E-state index >= 15 is 0 Å². The van der Waals surface area contributed by atoms with Gasteiger partial charge in [-0.15, -0.1) is 0 Å². The summed E-state index contributed by atoms with van der Waals surface area (Å²) < 4.78 is 12.6. The van der Waals surface area contributed by atoms with Crippen molar-refractivity contribution in [2.24, 2.45) is 7.05 Å². The quantitative estimate of drug-likeness (QED) is 0.850. The second-order valence-electron chi connectivity index (χ2n) is 5.01. The molecule has 0 fully saturated rings. The van der Waals surface area contributed by atoms with Gasteiger partial charge in [0.25, 0.3) is 0 Å². The minimum absolute atomic E-state index is 0.227. The molecule has 1 heterocycles. The molecule has 5 heteroatoms. The van der Waals surface area contributed by atoms with Crippen molar-refractivity contribution in [3.05, 3.63) is 42.0 Å². The third kappa shape index (κ3) is 3.76. The summed E-state index contributed by atoms with van der Waals surface area (Å²) in [4.78, 5) is 4.36. The molecule has 0 aliphatic carbocycles. The zero-order valence-corrected chi connectivity index (χ0v) is 13.1. The first-order valence-corrected chi connectivity index (χ1v) is 7.07. The van der Waals surface area contributed by atoms with Crippen LogP contribution in [-0.2, 0) is 13.5 Å². The van der Waals surface area contributed by atoms with Gasteiger partial charge in [-0.05, 0) is 37.6 Å². The molecule has 21 heavy (non-hydrogen) atoms. The molecule has 0 aliphatic heterocycles. The van der Waals surface area contributed by atoms with Crippen LogP contribution in [0.25, 0.3) is 0 Å². The lowest BCUT2D eigenvalue weighted by Crippen LogP contribution is -2.23. The smallest absolute Gasteiger partial charge is 0.160 e. The number of ether oxygens (including phenoxy) is 2. The molecule has 0 bridgehead atoms. The average Bonchev–Trinajstić information content (AvgIpc) is 2.93. The predicted octanol–water partition coefficient (Wildman–Crippen LogP) is 2.33. The summed E-state index contributed by atoms with van der Waals surface area (Å²) in [7, 11) is 5.31. The highest BCUT2D eigenvalue weighted by Crippen LogP contribution is 2.27. The molecule has 114 valence electrons. The Morgan fingerprint density at radius 2 is 2.00 bits per heavy atom. The molecule has 2 rings (SSSR count). The summed E-state index contributed by atoms with van der Waals surface area (Å²) in [5.41, 5.74) is 1.21. The number of benzene rings is 1. The number of hydrogen-bond acceptors (Lipinski definition) is 4. The van der Waals surface area contributed by atoms with Crippen molar-refractivity contribution in [3.8, 4) is 11.5 Å². The van der Waals surface area contributed by atoms with Crippen LogP contribution in [0.5, 0.6) is 11.5 Å². The Morgan fingerprint density at radius 1 is 1.24 bits per heavy atom. The van der Waals surface area contributed by atoms with E-state index in [1.165, 1.54) is 5.56 Å². The standard InChI is InChI=1S/C16H23N3O2/c1-12(16-18-9-10-19(16)2)17-8-7-13-5-6-14(20-3)15(11-13)21-4/h5-6,9-12,17H,7-8H2,1-4H3/t12-/m1/s1. The van der Waals surface area contributed by atoms with E-state index in [0.717, 1.165) is 30.3 Å². The minimum atomic E-state index is 0.227. The van der Waals surface area contributed by atoms with Gasteiger partial charge in [0, 0.05) is 19.4 Å². The van der Waals surface area contributed by atoms with Gasteiger partial charge in [-0.1, -0.05) is 6.07 Å². The van der Waals surface area contributed by atoms with Gasteiger partial charge >= 0.3 is 0 Å². The predicted molar refractivity (Wildman–Crippen MR) is 82.9 cm³/mol. The first-order valence-electron chi connectivity index (χ1n) is 7.07.